The third kappa shape index (κ3) is 3.04. The molecule has 0 unspecified atom stereocenters. The number of benzene rings is 3. The second-order valence-electron chi connectivity index (χ2n) is 6.08. The lowest BCUT2D eigenvalue weighted by Gasteiger charge is -2.25. The molecule has 122 valence electrons. The Morgan fingerprint density at radius 3 is 1.56 bits per heavy atom. The average molecular weight is 343 g/mol. The van der Waals surface area contributed by atoms with Gasteiger partial charge in [0.15, 0.2) is 7.26 Å². The Morgan fingerprint density at radius 2 is 1.08 bits per heavy atom. The molecule has 0 atom stereocenters. The molecule has 0 bridgehead atoms. The maximum Gasteiger partial charge on any atom is 0.256 e. The number of rotatable bonds is 5. The van der Waals surface area contributed by atoms with Crippen molar-refractivity contribution >= 4 is 23.4 Å². The molecule has 0 aliphatic heterocycles. The van der Waals surface area contributed by atoms with Crippen molar-refractivity contribution in [2.24, 2.45) is 0 Å². The van der Waals surface area contributed by atoms with Crippen molar-refractivity contribution in [1.82, 2.24) is 0 Å². The van der Waals surface area contributed by atoms with E-state index in [1.807, 2.05) is 6.07 Å². The topological polar surface area (TPSA) is 13.1 Å². The summed E-state index contributed by atoms with van der Waals surface area (Å²) in [5.41, 5.74) is 2.41. The summed E-state index contributed by atoms with van der Waals surface area (Å²) < 4.78 is 6.03. The van der Waals surface area contributed by atoms with E-state index in [0.717, 1.165) is 11.7 Å². The fraction of sp³-hybridized carbons (Fsp3) is 0.0435. The van der Waals surface area contributed by atoms with Gasteiger partial charge in [0.05, 0.1) is 6.26 Å². The highest BCUT2D eigenvalue weighted by atomic mass is 31.2. The summed E-state index contributed by atoms with van der Waals surface area (Å²) in [5, 5.41) is 2.69. The summed E-state index contributed by atoms with van der Waals surface area (Å²) in [6.45, 7) is 0. The first-order valence-corrected chi connectivity index (χ1v) is 10.4. The molecule has 1 nitrogen and oxygen atoms in total. The maximum atomic E-state index is 6.03. The largest absolute Gasteiger partial charge is 0.434 e. The monoisotopic (exact) mass is 343 g/mol. The van der Waals surface area contributed by atoms with Crippen molar-refractivity contribution in [1.29, 1.82) is 0 Å². The van der Waals surface area contributed by atoms with Gasteiger partial charge in [-0.15, -0.1) is 0 Å². The minimum atomic E-state index is -1.89. The predicted molar refractivity (Wildman–Crippen MR) is 108 cm³/mol. The molecular weight excluding hydrogens is 323 g/mol. The van der Waals surface area contributed by atoms with Crippen molar-refractivity contribution in [2.45, 2.75) is 6.16 Å². The second kappa shape index (κ2) is 7.09. The molecule has 3 aromatic carbocycles. The molecule has 0 fully saturated rings. The lowest BCUT2D eigenvalue weighted by Crippen LogP contribution is -2.31. The van der Waals surface area contributed by atoms with Gasteiger partial charge in [-0.05, 0) is 35.9 Å². The number of furan rings is 1. The normalized spacial score (nSPS) is 11.4. The summed E-state index contributed by atoms with van der Waals surface area (Å²) >= 11 is 0. The third-order valence-electron chi connectivity index (χ3n) is 4.54. The molecule has 2 heteroatoms. The molecule has 1 aromatic heterocycles. The summed E-state index contributed by atoms with van der Waals surface area (Å²) in [6, 6.07) is 36.5. The Kier molecular flexibility index (Phi) is 4.50. The van der Waals surface area contributed by atoms with Crippen LogP contribution in [0, 0.1) is 0 Å². The Labute approximate surface area is 149 Å². The Morgan fingerprint density at radius 1 is 0.560 bits per heavy atom. The van der Waals surface area contributed by atoms with E-state index >= 15 is 0 Å². The minimum absolute atomic E-state index is 0.954. The van der Waals surface area contributed by atoms with Crippen LogP contribution in [0.25, 0.3) is 0 Å². The summed E-state index contributed by atoms with van der Waals surface area (Å²) in [5.74, 6) is 0. The van der Waals surface area contributed by atoms with Crippen molar-refractivity contribution in [3.05, 3.63) is 115 Å². The first-order chi connectivity index (χ1) is 12.4. The standard InChI is InChI=1S/C23H20OP/c1-4-11-20(12-5-1)19-25(23-17-10-18-24-23,21-13-6-2-7-14-21)22-15-8-3-9-16-22/h1-18H,19H2/q+1. The maximum absolute atomic E-state index is 6.03. The van der Waals surface area contributed by atoms with Crippen LogP contribution >= 0.6 is 7.26 Å². The molecule has 0 radical (unpaired) electrons. The van der Waals surface area contributed by atoms with Crippen LogP contribution in [-0.2, 0) is 6.16 Å². The molecule has 4 aromatic rings. The second-order valence-corrected chi connectivity index (χ2v) is 9.49. The highest BCUT2D eigenvalue weighted by Gasteiger charge is 2.48. The van der Waals surface area contributed by atoms with Crippen LogP contribution in [0.3, 0.4) is 0 Å². The minimum Gasteiger partial charge on any atom is -0.434 e. The SMILES string of the molecule is c1ccc(C[P+](c2ccccc2)(c2ccccc2)c2ccco2)cc1. The summed E-state index contributed by atoms with van der Waals surface area (Å²) in [7, 11) is -1.89. The van der Waals surface area contributed by atoms with Gasteiger partial charge in [0.2, 0.25) is 0 Å². The van der Waals surface area contributed by atoms with Gasteiger partial charge in [0, 0.05) is 6.07 Å². The van der Waals surface area contributed by atoms with Gasteiger partial charge in [0.25, 0.3) is 5.50 Å². The molecule has 0 aliphatic carbocycles. The lowest BCUT2D eigenvalue weighted by molar-refractivity contribution is 0.601. The highest BCUT2D eigenvalue weighted by Crippen LogP contribution is 2.58. The van der Waals surface area contributed by atoms with E-state index in [1.54, 1.807) is 6.26 Å². The predicted octanol–water partition coefficient (Wildman–Crippen LogP) is 4.77. The van der Waals surface area contributed by atoms with Crippen LogP contribution < -0.4 is 16.1 Å². The zero-order valence-electron chi connectivity index (χ0n) is 14.0. The van der Waals surface area contributed by atoms with Crippen LogP contribution in [0.1, 0.15) is 5.56 Å². The Balaban J connectivity index is 1.98. The molecule has 1 heterocycles. The van der Waals surface area contributed by atoms with E-state index < -0.39 is 7.26 Å². The molecule has 4 rings (SSSR count). The first kappa shape index (κ1) is 15.9. The fourth-order valence-electron chi connectivity index (χ4n) is 3.37. The first-order valence-electron chi connectivity index (χ1n) is 8.47. The molecular formula is C23H20OP+. The van der Waals surface area contributed by atoms with Gasteiger partial charge in [-0.3, -0.25) is 0 Å². The molecule has 0 spiro atoms. The van der Waals surface area contributed by atoms with E-state index in [9.17, 15) is 0 Å². The van der Waals surface area contributed by atoms with Crippen LogP contribution in [0.2, 0.25) is 0 Å². The number of hydrogen-bond donors (Lipinski definition) is 0. The van der Waals surface area contributed by atoms with Gasteiger partial charge in [-0.2, -0.15) is 0 Å². The van der Waals surface area contributed by atoms with Crippen molar-refractivity contribution in [3.8, 4) is 0 Å². The third-order valence-corrected chi connectivity index (χ3v) is 8.74. The average Bonchev–Trinajstić information content (AvgIpc) is 3.23. The molecule has 25 heavy (non-hydrogen) atoms. The Bertz CT molecular complexity index is 861. The van der Waals surface area contributed by atoms with Crippen LogP contribution in [0.4, 0.5) is 0 Å². The molecule has 0 N–H and O–H groups in total. The summed E-state index contributed by atoms with van der Waals surface area (Å²) in [6.07, 6.45) is 2.75. The van der Waals surface area contributed by atoms with Gasteiger partial charge in [-0.1, -0.05) is 66.7 Å². The van der Waals surface area contributed by atoms with Crippen molar-refractivity contribution < 1.29 is 4.42 Å². The van der Waals surface area contributed by atoms with Crippen LogP contribution in [0.15, 0.2) is 114 Å². The van der Waals surface area contributed by atoms with Gasteiger partial charge in [-0.25, -0.2) is 0 Å². The zero-order valence-corrected chi connectivity index (χ0v) is 14.8. The lowest BCUT2D eigenvalue weighted by atomic mass is 10.2. The number of hydrogen-bond acceptors (Lipinski definition) is 1. The molecule has 0 amide bonds. The quantitative estimate of drug-likeness (QED) is 0.476. The van der Waals surface area contributed by atoms with Crippen LogP contribution in [-0.4, -0.2) is 0 Å². The highest BCUT2D eigenvalue weighted by molar-refractivity contribution is 7.94. The Hall–Kier alpha value is -2.63. The van der Waals surface area contributed by atoms with Gasteiger partial charge in [0.1, 0.15) is 16.8 Å². The van der Waals surface area contributed by atoms with E-state index in [4.69, 9.17) is 4.42 Å². The zero-order chi connectivity index (χ0) is 17.0. The van der Waals surface area contributed by atoms with E-state index in [1.165, 1.54) is 16.2 Å². The smallest absolute Gasteiger partial charge is 0.256 e. The van der Waals surface area contributed by atoms with E-state index in [-0.39, 0.29) is 0 Å². The van der Waals surface area contributed by atoms with E-state index in [0.29, 0.717) is 0 Å². The fourth-order valence-corrected chi connectivity index (χ4v) is 7.40. The molecule has 0 saturated carbocycles. The van der Waals surface area contributed by atoms with Crippen LogP contribution in [0.5, 0.6) is 0 Å². The van der Waals surface area contributed by atoms with E-state index in [2.05, 4.69) is 97.1 Å². The van der Waals surface area contributed by atoms with Gasteiger partial charge >= 0.3 is 0 Å². The van der Waals surface area contributed by atoms with Gasteiger partial charge < -0.3 is 4.42 Å². The van der Waals surface area contributed by atoms with Crippen molar-refractivity contribution in [2.75, 3.05) is 0 Å². The summed E-state index contributed by atoms with van der Waals surface area (Å²) in [4.78, 5) is 0. The molecule has 0 saturated heterocycles. The molecule has 0 aliphatic rings. The van der Waals surface area contributed by atoms with Crippen molar-refractivity contribution in [3.63, 3.8) is 0 Å².